The van der Waals surface area contributed by atoms with Gasteiger partial charge in [0.25, 0.3) is 6.01 Å². The predicted octanol–water partition coefficient (Wildman–Crippen LogP) is 2.55. The normalized spacial score (nSPS) is 15.6. The summed E-state index contributed by atoms with van der Waals surface area (Å²) in [6.45, 7) is 3.75. The molecular weight excluding hydrogens is 264 g/mol. The molecule has 1 saturated heterocycles. The molecule has 1 aliphatic rings. The standard InChI is InChI=1S/C16H16N4O/c1-2-4-15-14(3-1)18-16(21-15)20-11-9-19(10-12-20)13-5-7-17-8-6-13/h1-8H,9-12H2. The molecule has 0 radical (unpaired) electrons. The van der Waals surface area contributed by atoms with Gasteiger partial charge in [-0.2, -0.15) is 4.98 Å². The molecule has 1 aliphatic heterocycles. The van der Waals surface area contributed by atoms with Gasteiger partial charge < -0.3 is 14.2 Å². The van der Waals surface area contributed by atoms with Crippen molar-refractivity contribution in [3.63, 3.8) is 0 Å². The highest BCUT2D eigenvalue weighted by Gasteiger charge is 2.21. The van der Waals surface area contributed by atoms with E-state index in [1.54, 1.807) is 0 Å². The van der Waals surface area contributed by atoms with E-state index in [9.17, 15) is 0 Å². The number of nitrogens with zero attached hydrogens (tertiary/aromatic N) is 4. The van der Waals surface area contributed by atoms with Crippen molar-refractivity contribution >= 4 is 22.8 Å². The number of para-hydroxylation sites is 2. The van der Waals surface area contributed by atoms with Gasteiger partial charge >= 0.3 is 0 Å². The lowest BCUT2D eigenvalue weighted by Gasteiger charge is -2.35. The number of hydrogen-bond donors (Lipinski definition) is 0. The molecule has 3 heterocycles. The number of benzene rings is 1. The molecule has 0 unspecified atom stereocenters. The Hall–Kier alpha value is -2.56. The lowest BCUT2D eigenvalue weighted by Crippen LogP contribution is -2.46. The lowest BCUT2D eigenvalue weighted by molar-refractivity contribution is 0.542. The molecule has 0 saturated carbocycles. The van der Waals surface area contributed by atoms with Gasteiger partial charge in [-0.25, -0.2) is 0 Å². The van der Waals surface area contributed by atoms with Crippen LogP contribution in [0.5, 0.6) is 0 Å². The van der Waals surface area contributed by atoms with Gasteiger partial charge in [0.1, 0.15) is 5.52 Å². The van der Waals surface area contributed by atoms with Crippen molar-refractivity contribution in [2.24, 2.45) is 0 Å². The van der Waals surface area contributed by atoms with Crippen LogP contribution in [0.25, 0.3) is 11.1 Å². The van der Waals surface area contributed by atoms with Crippen molar-refractivity contribution < 1.29 is 4.42 Å². The molecule has 0 amide bonds. The van der Waals surface area contributed by atoms with Crippen LogP contribution >= 0.6 is 0 Å². The second kappa shape index (κ2) is 5.09. The lowest BCUT2D eigenvalue weighted by atomic mass is 10.3. The number of aromatic nitrogens is 2. The zero-order valence-corrected chi connectivity index (χ0v) is 11.6. The third-order valence-electron chi connectivity index (χ3n) is 3.86. The molecule has 0 aliphatic carbocycles. The second-order valence-electron chi connectivity index (χ2n) is 5.14. The molecule has 4 rings (SSSR count). The van der Waals surface area contributed by atoms with Crippen LogP contribution in [0.1, 0.15) is 0 Å². The first-order chi connectivity index (χ1) is 10.4. The quantitative estimate of drug-likeness (QED) is 0.722. The highest BCUT2D eigenvalue weighted by atomic mass is 16.4. The Kier molecular flexibility index (Phi) is 2.96. The van der Waals surface area contributed by atoms with Crippen LogP contribution in [0.3, 0.4) is 0 Å². The van der Waals surface area contributed by atoms with Crippen molar-refractivity contribution in [3.05, 3.63) is 48.8 Å². The minimum Gasteiger partial charge on any atom is -0.423 e. The van der Waals surface area contributed by atoms with Gasteiger partial charge in [-0.05, 0) is 24.3 Å². The minimum absolute atomic E-state index is 0.727. The first-order valence-electron chi connectivity index (χ1n) is 7.16. The molecule has 5 heteroatoms. The first-order valence-corrected chi connectivity index (χ1v) is 7.16. The highest BCUT2D eigenvalue weighted by molar-refractivity contribution is 5.74. The minimum atomic E-state index is 0.727. The van der Waals surface area contributed by atoms with Gasteiger partial charge in [0.2, 0.25) is 0 Å². The molecule has 3 aromatic rings. The number of oxazole rings is 1. The summed E-state index contributed by atoms with van der Waals surface area (Å²) in [4.78, 5) is 13.2. The first kappa shape index (κ1) is 12.2. The Labute approximate surface area is 122 Å². The van der Waals surface area contributed by atoms with Crippen molar-refractivity contribution in [1.82, 2.24) is 9.97 Å². The van der Waals surface area contributed by atoms with E-state index in [1.807, 2.05) is 36.7 Å². The Morgan fingerprint density at radius 1 is 0.857 bits per heavy atom. The van der Waals surface area contributed by atoms with E-state index in [0.29, 0.717) is 0 Å². The summed E-state index contributed by atoms with van der Waals surface area (Å²) in [7, 11) is 0. The topological polar surface area (TPSA) is 45.4 Å². The molecule has 1 aromatic carbocycles. The summed E-state index contributed by atoms with van der Waals surface area (Å²) in [5.74, 6) is 0. The molecule has 2 aromatic heterocycles. The van der Waals surface area contributed by atoms with Crippen LogP contribution in [0.4, 0.5) is 11.7 Å². The van der Waals surface area contributed by atoms with E-state index < -0.39 is 0 Å². The Morgan fingerprint density at radius 3 is 2.33 bits per heavy atom. The van der Waals surface area contributed by atoms with Gasteiger partial charge in [0.15, 0.2) is 5.58 Å². The van der Waals surface area contributed by atoms with Gasteiger partial charge in [-0.15, -0.1) is 0 Å². The number of rotatable bonds is 2. The summed E-state index contributed by atoms with van der Waals surface area (Å²) in [6.07, 6.45) is 3.67. The maximum absolute atomic E-state index is 5.83. The van der Waals surface area contributed by atoms with Crippen molar-refractivity contribution in [1.29, 1.82) is 0 Å². The van der Waals surface area contributed by atoms with Crippen LogP contribution < -0.4 is 9.80 Å². The number of hydrogen-bond acceptors (Lipinski definition) is 5. The van der Waals surface area contributed by atoms with E-state index in [2.05, 4.69) is 31.9 Å². The fourth-order valence-electron chi connectivity index (χ4n) is 2.71. The van der Waals surface area contributed by atoms with E-state index in [-0.39, 0.29) is 0 Å². The third-order valence-corrected chi connectivity index (χ3v) is 3.86. The van der Waals surface area contributed by atoms with E-state index >= 15 is 0 Å². The maximum atomic E-state index is 5.83. The Balaban J connectivity index is 1.50. The predicted molar refractivity (Wildman–Crippen MR) is 82.7 cm³/mol. The number of fused-ring (bicyclic) bond motifs is 1. The van der Waals surface area contributed by atoms with Crippen LogP contribution in [-0.2, 0) is 0 Å². The zero-order chi connectivity index (χ0) is 14.1. The summed E-state index contributed by atoms with van der Waals surface area (Å²) in [6, 6.07) is 12.7. The molecular formula is C16H16N4O. The van der Waals surface area contributed by atoms with Gasteiger partial charge in [-0.3, -0.25) is 4.98 Å². The molecule has 0 bridgehead atoms. The molecule has 21 heavy (non-hydrogen) atoms. The largest absolute Gasteiger partial charge is 0.423 e. The second-order valence-corrected chi connectivity index (χ2v) is 5.14. The summed E-state index contributed by atoms with van der Waals surface area (Å²) in [5.41, 5.74) is 3.00. The molecule has 0 spiro atoms. The Bertz CT molecular complexity index is 699. The van der Waals surface area contributed by atoms with E-state index in [4.69, 9.17) is 4.42 Å². The smallest absolute Gasteiger partial charge is 0.298 e. The third kappa shape index (κ3) is 2.31. The maximum Gasteiger partial charge on any atom is 0.298 e. The van der Waals surface area contributed by atoms with Gasteiger partial charge in [-0.1, -0.05) is 12.1 Å². The summed E-state index contributed by atoms with van der Waals surface area (Å²) < 4.78 is 5.83. The molecule has 0 N–H and O–H groups in total. The Morgan fingerprint density at radius 2 is 1.57 bits per heavy atom. The zero-order valence-electron chi connectivity index (χ0n) is 11.6. The van der Waals surface area contributed by atoms with Crippen molar-refractivity contribution in [2.75, 3.05) is 36.0 Å². The fraction of sp³-hybridized carbons (Fsp3) is 0.250. The molecule has 0 atom stereocenters. The van der Waals surface area contributed by atoms with Crippen LogP contribution in [0.2, 0.25) is 0 Å². The number of piperazine rings is 1. The number of pyridine rings is 1. The summed E-state index contributed by atoms with van der Waals surface area (Å²) in [5, 5.41) is 0. The van der Waals surface area contributed by atoms with Crippen LogP contribution in [-0.4, -0.2) is 36.1 Å². The van der Waals surface area contributed by atoms with E-state index in [0.717, 1.165) is 43.3 Å². The summed E-state index contributed by atoms with van der Waals surface area (Å²) >= 11 is 0. The average Bonchev–Trinajstić information content (AvgIpc) is 3.00. The van der Waals surface area contributed by atoms with E-state index in [1.165, 1.54) is 5.69 Å². The SMILES string of the molecule is c1ccc2oc(N3CCN(c4ccncc4)CC3)nc2c1. The molecule has 1 fully saturated rings. The average molecular weight is 280 g/mol. The molecule has 5 nitrogen and oxygen atoms in total. The van der Waals surface area contributed by atoms with Crippen molar-refractivity contribution in [2.45, 2.75) is 0 Å². The highest BCUT2D eigenvalue weighted by Crippen LogP contribution is 2.23. The monoisotopic (exact) mass is 280 g/mol. The van der Waals surface area contributed by atoms with Gasteiger partial charge in [0, 0.05) is 44.3 Å². The van der Waals surface area contributed by atoms with Crippen LogP contribution in [0, 0.1) is 0 Å². The van der Waals surface area contributed by atoms with Crippen LogP contribution in [0.15, 0.2) is 53.2 Å². The van der Waals surface area contributed by atoms with Crippen molar-refractivity contribution in [3.8, 4) is 0 Å². The molecule has 106 valence electrons. The number of anilines is 2. The van der Waals surface area contributed by atoms with Gasteiger partial charge in [0.05, 0.1) is 0 Å². The fourth-order valence-corrected chi connectivity index (χ4v) is 2.71.